The zero-order valence-electron chi connectivity index (χ0n) is 11.4. The minimum atomic E-state index is 0.447. The molecule has 0 saturated heterocycles. The lowest BCUT2D eigenvalue weighted by atomic mass is 10.1. The van der Waals surface area contributed by atoms with Gasteiger partial charge in [-0.05, 0) is 31.2 Å². The fraction of sp³-hybridized carbons (Fsp3) is 0.733. The van der Waals surface area contributed by atoms with Gasteiger partial charge in [-0.1, -0.05) is 31.7 Å². The quantitative estimate of drug-likeness (QED) is 0.618. The number of thiophene rings is 1. The summed E-state index contributed by atoms with van der Waals surface area (Å²) in [5.41, 5.74) is 0. The minimum Gasteiger partial charge on any atom is -0.377 e. The van der Waals surface area contributed by atoms with Crippen LogP contribution in [0.15, 0.2) is 17.5 Å². The first-order valence-corrected chi connectivity index (χ1v) is 8.12. The molecule has 1 saturated carbocycles. The van der Waals surface area contributed by atoms with Gasteiger partial charge >= 0.3 is 0 Å². The summed E-state index contributed by atoms with van der Waals surface area (Å²) in [4.78, 5) is 1.41. The van der Waals surface area contributed by atoms with Crippen LogP contribution in [0.5, 0.6) is 0 Å². The largest absolute Gasteiger partial charge is 0.377 e. The molecule has 1 aromatic rings. The predicted octanol–water partition coefficient (Wildman–Crippen LogP) is 4.14. The molecule has 1 atom stereocenters. The molecule has 0 bridgehead atoms. The molecule has 1 aliphatic rings. The number of rotatable bonds is 6. The van der Waals surface area contributed by atoms with Crippen LogP contribution in [-0.4, -0.2) is 19.3 Å². The molecule has 0 spiro atoms. The van der Waals surface area contributed by atoms with Gasteiger partial charge < -0.3 is 10.1 Å². The molecule has 1 unspecified atom stereocenters. The van der Waals surface area contributed by atoms with Gasteiger partial charge in [0.05, 0.1) is 12.7 Å². The molecule has 0 radical (unpaired) electrons. The molecule has 18 heavy (non-hydrogen) atoms. The molecule has 3 heteroatoms. The fourth-order valence-corrected chi connectivity index (χ4v) is 3.31. The molecule has 1 heterocycles. The van der Waals surface area contributed by atoms with E-state index in [0.29, 0.717) is 12.1 Å². The van der Waals surface area contributed by atoms with E-state index in [4.69, 9.17) is 4.74 Å². The summed E-state index contributed by atoms with van der Waals surface area (Å²) in [7, 11) is 0. The van der Waals surface area contributed by atoms with Crippen molar-refractivity contribution in [2.45, 2.75) is 57.6 Å². The Balaban J connectivity index is 1.57. The Labute approximate surface area is 115 Å². The second-order valence-electron chi connectivity index (χ2n) is 5.18. The lowest BCUT2D eigenvalue weighted by Gasteiger charge is -2.17. The van der Waals surface area contributed by atoms with Crippen LogP contribution < -0.4 is 5.32 Å². The second kappa shape index (κ2) is 7.93. The van der Waals surface area contributed by atoms with Crippen molar-refractivity contribution in [2.75, 3.05) is 13.2 Å². The maximum Gasteiger partial charge on any atom is 0.0594 e. The number of ether oxygens (including phenoxy) is 1. The standard InChI is InChI=1S/C15H25NOS/c1-13(15-9-6-12-18-15)16-10-11-17-14-7-4-2-3-5-8-14/h6,9,12-14,16H,2-5,7-8,10-11H2,1H3. The Morgan fingerprint density at radius 2 is 2.11 bits per heavy atom. The maximum absolute atomic E-state index is 5.97. The van der Waals surface area contributed by atoms with E-state index in [-0.39, 0.29) is 0 Å². The summed E-state index contributed by atoms with van der Waals surface area (Å²) in [5.74, 6) is 0. The normalized spacial score (nSPS) is 19.6. The summed E-state index contributed by atoms with van der Waals surface area (Å²) in [6.07, 6.45) is 8.54. The topological polar surface area (TPSA) is 21.3 Å². The highest BCUT2D eigenvalue weighted by Gasteiger charge is 2.12. The van der Waals surface area contributed by atoms with Crippen molar-refractivity contribution < 1.29 is 4.74 Å². The van der Waals surface area contributed by atoms with E-state index in [1.807, 2.05) is 11.3 Å². The van der Waals surface area contributed by atoms with Gasteiger partial charge in [-0.15, -0.1) is 11.3 Å². The van der Waals surface area contributed by atoms with Crippen LogP contribution in [0.4, 0.5) is 0 Å². The van der Waals surface area contributed by atoms with Crippen molar-refractivity contribution in [2.24, 2.45) is 0 Å². The highest BCUT2D eigenvalue weighted by molar-refractivity contribution is 7.10. The molecule has 1 N–H and O–H groups in total. The van der Waals surface area contributed by atoms with Gasteiger partial charge in [-0.3, -0.25) is 0 Å². The van der Waals surface area contributed by atoms with Gasteiger partial charge in [0, 0.05) is 17.5 Å². The highest BCUT2D eigenvalue weighted by Crippen LogP contribution is 2.20. The molecule has 1 aliphatic carbocycles. The zero-order chi connectivity index (χ0) is 12.6. The van der Waals surface area contributed by atoms with Gasteiger partial charge in [0.25, 0.3) is 0 Å². The van der Waals surface area contributed by atoms with Gasteiger partial charge in [-0.25, -0.2) is 0 Å². The summed E-state index contributed by atoms with van der Waals surface area (Å²) in [6, 6.07) is 4.75. The van der Waals surface area contributed by atoms with E-state index >= 15 is 0 Å². The third kappa shape index (κ3) is 4.71. The number of hydrogen-bond donors (Lipinski definition) is 1. The molecule has 1 fully saturated rings. The summed E-state index contributed by atoms with van der Waals surface area (Å²) in [5, 5.41) is 5.66. The van der Waals surface area contributed by atoms with Crippen LogP contribution in [0.1, 0.15) is 56.4 Å². The van der Waals surface area contributed by atoms with Crippen LogP contribution in [-0.2, 0) is 4.74 Å². The number of hydrogen-bond acceptors (Lipinski definition) is 3. The van der Waals surface area contributed by atoms with E-state index in [0.717, 1.165) is 13.2 Å². The fourth-order valence-electron chi connectivity index (χ4n) is 2.55. The lowest BCUT2D eigenvalue weighted by molar-refractivity contribution is 0.0443. The molecule has 0 amide bonds. The SMILES string of the molecule is CC(NCCOC1CCCCCC1)c1cccs1. The number of nitrogens with one attached hydrogen (secondary N) is 1. The van der Waals surface area contributed by atoms with Gasteiger partial charge in [-0.2, -0.15) is 0 Å². The Morgan fingerprint density at radius 3 is 2.78 bits per heavy atom. The van der Waals surface area contributed by atoms with Gasteiger partial charge in [0.15, 0.2) is 0 Å². The Morgan fingerprint density at radius 1 is 1.33 bits per heavy atom. The summed E-state index contributed by atoms with van der Waals surface area (Å²) < 4.78 is 5.97. The zero-order valence-corrected chi connectivity index (χ0v) is 12.2. The first kappa shape index (κ1) is 14.0. The van der Waals surface area contributed by atoms with Crippen molar-refractivity contribution in [3.05, 3.63) is 22.4 Å². The van der Waals surface area contributed by atoms with Gasteiger partial charge in [0.1, 0.15) is 0 Å². The van der Waals surface area contributed by atoms with Crippen molar-refractivity contribution in [1.29, 1.82) is 0 Å². The van der Waals surface area contributed by atoms with Crippen molar-refractivity contribution in [3.63, 3.8) is 0 Å². The van der Waals surface area contributed by atoms with Crippen LogP contribution in [0.25, 0.3) is 0 Å². The van der Waals surface area contributed by atoms with E-state index < -0.39 is 0 Å². The van der Waals surface area contributed by atoms with E-state index in [9.17, 15) is 0 Å². The molecular formula is C15H25NOS. The minimum absolute atomic E-state index is 0.447. The van der Waals surface area contributed by atoms with Crippen molar-refractivity contribution in [3.8, 4) is 0 Å². The van der Waals surface area contributed by atoms with Crippen LogP contribution in [0.3, 0.4) is 0 Å². The highest BCUT2D eigenvalue weighted by atomic mass is 32.1. The molecule has 2 nitrogen and oxygen atoms in total. The predicted molar refractivity (Wildman–Crippen MR) is 78.2 cm³/mol. The first-order chi connectivity index (χ1) is 8.86. The molecule has 102 valence electrons. The summed E-state index contributed by atoms with van der Waals surface area (Å²) in [6.45, 7) is 4.02. The molecule has 0 aromatic carbocycles. The lowest BCUT2D eigenvalue weighted by Crippen LogP contribution is -2.25. The maximum atomic E-state index is 5.97. The smallest absolute Gasteiger partial charge is 0.0594 e. The molecular weight excluding hydrogens is 242 g/mol. The molecule has 0 aliphatic heterocycles. The van der Waals surface area contributed by atoms with Crippen molar-refractivity contribution >= 4 is 11.3 Å². The summed E-state index contributed by atoms with van der Waals surface area (Å²) >= 11 is 1.82. The molecule has 1 aromatic heterocycles. The van der Waals surface area contributed by atoms with Crippen LogP contribution in [0.2, 0.25) is 0 Å². The van der Waals surface area contributed by atoms with Crippen LogP contribution in [0, 0.1) is 0 Å². The average molecular weight is 267 g/mol. The average Bonchev–Trinajstić information content (AvgIpc) is 2.80. The van der Waals surface area contributed by atoms with Gasteiger partial charge in [0.2, 0.25) is 0 Å². The van der Waals surface area contributed by atoms with E-state index in [2.05, 4.69) is 29.8 Å². The van der Waals surface area contributed by atoms with Crippen molar-refractivity contribution in [1.82, 2.24) is 5.32 Å². The second-order valence-corrected chi connectivity index (χ2v) is 6.15. The Kier molecular flexibility index (Phi) is 6.18. The Hall–Kier alpha value is -0.380. The molecule has 2 rings (SSSR count). The van der Waals surface area contributed by atoms with Crippen LogP contribution >= 0.6 is 11.3 Å². The first-order valence-electron chi connectivity index (χ1n) is 7.24. The monoisotopic (exact) mass is 267 g/mol. The van der Waals surface area contributed by atoms with E-state index in [1.54, 1.807) is 0 Å². The third-order valence-electron chi connectivity index (χ3n) is 3.68. The third-order valence-corrected chi connectivity index (χ3v) is 4.73. The Bertz CT molecular complexity index is 304. The van der Waals surface area contributed by atoms with E-state index in [1.165, 1.54) is 43.4 Å².